The van der Waals surface area contributed by atoms with Crippen LogP contribution >= 0.6 is 0 Å². The van der Waals surface area contributed by atoms with Gasteiger partial charge >= 0.3 is 0 Å². The van der Waals surface area contributed by atoms with Crippen LogP contribution in [0.3, 0.4) is 0 Å². The van der Waals surface area contributed by atoms with Crippen molar-refractivity contribution in [2.24, 2.45) is 0 Å². The van der Waals surface area contributed by atoms with Gasteiger partial charge in [-0.05, 0) is 61.1 Å². The van der Waals surface area contributed by atoms with Crippen molar-refractivity contribution in [2.75, 3.05) is 18.0 Å². The van der Waals surface area contributed by atoms with Gasteiger partial charge in [-0.15, -0.1) is 0 Å². The molecule has 0 aromatic heterocycles. The summed E-state index contributed by atoms with van der Waals surface area (Å²) in [4.78, 5) is 5.45. The van der Waals surface area contributed by atoms with Gasteiger partial charge in [0.1, 0.15) is 0 Å². The van der Waals surface area contributed by atoms with E-state index in [1.807, 2.05) is 27.7 Å². The fourth-order valence-electron chi connectivity index (χ4n) is 5.36. The smallest absolute Gasteiger partial charge is 0.0371 e. The maximum Gasteiger partial charge on any atom is 0.0371 e. The number of rotatable bonds is 6. The molecule has 1 heterocycles. The molecule has 182 valence electrons. The second kappa shape index (κ2) is 14.0. The first kappa shape index (κ1) is 26.0. The number of nitrogens with zero attached hydrogens (tertiary/aromatic N) is 2. The van der Waals surface area contributed by atoms with Crippen LogP contribution in [0.1, 0.15) is 63.6 Å². The summed E-state index contributed by atoms with van der Waals surface area (Å²) in [5, 5.41) is 0. The first-order chi connectivity index (χ1) is 16.9. The molecule has 1 aliphatic carbocycles. The standard InChI is InChI=1S/C28H32N2.2C2H6/c1-3-11-23(12-4-1)21-29-18-10-9-17-27(29)22-30(26-15-5-2-6-16-26)28-19-24-13-7-8-14-25(24)20-28;2*1-2/h1-8,11-16,27-28H,9-10,17-22H2;2*1-2H3. The first-order valence-electron chi connectivity index (χ1n) is 13.5. The molecule has 2 nitrogen and oxygen atoms in total. The average molecular weight is 457 g/mol. The Labute approximate surface area is 208 Å². The first-order valence-corrected chi connectivity index (χ1v) is 13.5. The molecule has 1 unspecified atom stereocenters. The number of anilines is 1. The molecule has 3 aromatic rings. The zero-order valence-corrected chi connectivity index (χ0v) is 21.8. The molecular weight excluding hydrogens is 412 g/mol. The minimum absolute atomic E-state index is 0.560. The number of hydrogen-bond donors (Lipinski definition) is 0. The van der Waals surface area contributed by atoms with E-state index < -0.39 is 0 Å². The molecule has 0 radical (unpaired) electrons. The third kappa shape index (κ3) is 6.73. The Kier molecular flexibility index (Phi) is 10.7. The lowest BCUT2D eigenvalue weighted by Gasteiger charge is -2.41. The van der Waals surface area contributed by atoms with Gasteiger partial charge in [0.25, 0.3) is 0 Å². The van der Waals surface area contributed by atoms with Crippen LogP contribution in [0.4, 0.5) is 5.69 Å². The lowest BCUT2D eigenvalue weighted by Crippen LogP contribution is -2.49. The monoisotopic (exact) mass is 456 g/mol. The van der Waals surface area contributed by atoms with Gasteiger partial charge in [0.15, 0.2) is 0 Å². The second-order valence-corrected chi connectivity index (χ2v) is 8.92. The second-order valence-electron chi connectivity index (χ2n) is 8.92. The summed E-state index contributed by atoms with van der Waals surface area (Å²) in [7, 11) is 0. The van der Waals surface area contributed by atoms with Gasteiger partial charge in [-0.3, -0.25) is 4.90 Å². The Morgan fingerprint density at radius 3 is 1.88 bits per heavy atom. The minimum Gasteiger partial charge on any atom is -0.366 e. The highest BCUT2D eigenvalue weighted by Gasteiger charge is 2.31. The Hall–Kier alpha value is -2.58. The zero-order valence-electron chi connectivity index (χ0n) is 21.8. The fourth-order valence-corrected chi connectivity index (χ4v) is 5.36. The third-order valence-electron chi connectivity index (χ3n) is 6.94. The van der Waals surface area contributed by atoms with E-state index in [9.17, 15) is 0 Å². The normalized spacial score (nSPS) is 17.6. The predicted octanol–water partition coefficient (Wildman–Crippen LogP) is 7.77. The summed E-state index contributed by atoms with van der Waals surface area (Å²) in [5.74, 6) is 0. The lowest BCUT2D eigenvalue weighted by molar-refractivity contribution is 0.141. The molecule has 1 fully saturated rings. The largest absolute Gasteiger partial charge is 0.366 e. The minimum atomic E-state index is 0.560. The van der Waals surface area contributed by atoms with Crippen molar-refractivity contribution >= 4 is 5.69 Å². The molecule has 5 rings (SSSR count). The van der Waals surface area contributed by atoms with Gasteiger partial charge in [-0.2, -0.15) is 0 Å². The molecule has 0 spiro atoms. The lowest BCUT2D eigenvalue weighted by atomic mass is 9.99. The number of fused-ring (bicyclic) bond motifs is 1. The molecule has 1 atom stereocenters. The maximum atomic E-state index is 2.73. The summed E-state index contributed by atoms with van der Waals surface area (Å²) in [5.41, 5.74) is 5.88. The Balaban J connectivity index is 0.000000771. The van der Waals surface area contributed by atoms with Crippen molar-refractivity contribution in [2.45, 2.75) is 78.4 Å². The molecule has 2 aliphatic rings. The highest BCUT2D eigenvalue weighted by atomic mass is 15.2. The van der Waals surface area contributed by atoms with Gasteiger partial charge in [0.2, 0.25) is 0 Å². The Bertz CT molecular complexity index is 912. The molecule has 1 aliphatic heterocycles. The summed E-state index contributed by atoms with van der Waals surface area (Å²) < 4.78 is 0. The van der Waals surface area contributed by atoms with Crippen molar-refractivity contribution in [3.63, 3.8) is 0 Å². The maximum absolute atomic E-state index is 2.73. The quantitative estimate of drug-likeness (QED) is 0.374. The highest BCUT2D eigenvalue weighted by molar-refractivity contribution is 5.50. The molecule has 3 aromatic carbocycles. The number of piperidine rings is 1. The van der Waals surface area contributed by atoms with Crippen LogP contribution in [0.15, 0.2) is 84.9 Å². The van der Waals surface area contributed by atoms with E-state index in [1.165, 1.54) is 48.2 Å². The third-order valence-corrected chi connectivity index (χ3v) is 6.94. The molecule has 2 heteroatoms. The number of para-hydroxylation sites is 1. The highest BCUT2D eigenvalue weighted by Crippen LogP contribution is 2.31. The van der Waals surface area contributed by atoms with E-state index in [-0.39, 0.29) is 0 Å². The average Bonchev–Trinajstić information content (AvgIpc) is 3.35. The molecule has 0 saturated carbocycles. The number of benzene rings is 3. The van der Waals surface area contributed by atoms with E-state index >= 15 is 0 Å². The van der Waals surface area contributed by atoms with Crippen molar-refractivity contribution in [3.8, 4) is 0 Å². The van der Waals surface area contributed by atoms with E-state index in [1.54, 1.807) is 0 Å². The summed E-state index contributed by atoms with van der Waals surface area (Å²) in [6.07, 6.45) is 6.30. The van der Waals surface area contributed by atoms with Crippen molar-refractivity contribution in [1.82, 2.24) is 4.90 Å². The van der Waals surface area contributed by atoms with E-state index in [4.69, 9.17) is 0 Å². The Morgan fingerprint density at radius 2 is 1.26 bits per heavy atom. The molecular formula is C32H44N2. The van der Waals surface area contributed by atoms with Gasteiger partial charge < -0.3 is 4.90 Å². The van der Waals surface area contributed by atoms with E-state index in [2.05, 4.69) is 94.7 Å². The van der Waals surface area contributed by atoms with Crippen LogP contribution in [-0.2, 0) is 19.4 Å². The molecule has 34 heavy (non-hydrogen) atoms. The van der Waals surface area contributed by atoms with Gasteiger partial charge in [0.05, 0.1) is 0 Å². The van der Waals surface area contributed by atoms with Crippen LogP contribution in [0.2, 0.25) is 0 Å². The SMILES string of the molecule is CC.CC.c1ccc(CN2CCCCC2CN(c2ccccc2)C2Cc3ccccc3C2)cc1. The molecule has 0 bridgehead atoms. The molecule has 0 amide bonds. The predicted molar refractivity (Wildman–Crippen MR) is 149 cm³/mol. The van der Waals surface area contributed by atoms with E-state index in [0.29, 0.717) is 12.1 Å². The Morgan fingerprint density at radius 1 is 0.706 bits per heavy atom. The van der Waals surface area contributed by atoms with Crippen molar-refractivity contribution in [1.29, 1.82) is 0 Å². The van der Waals surface area contributed by atoms with Crippen LogP contribution < -0.4 is 4.90 Å². The number of likely N-dealkylation sites (tertiary alicyclic amines) is 1. The summed E-state index contributed by atoms with van der Waals surface area (Å²) in [6, 6.07) is 32.3. The van der Waals surface area contributed by atoms with Crippen LogP contribution in [-0.4, -0.2) is 30.1 Å². The van der Waals surface area contributed by atoms with Crippen molar-refractivity contribution in [3.05, 3.63) is 102 Å². The van der Waals surface area contributed by atoms with Crippen molar-refractivity contribution < 1.29 is 0 Å². The molecule has 1 saturated heterocycles. The fraction of sp³-hybridized carbons (Fsp3) is 0.438. The summed E-state index contributed by atoms with van der Waals surface area (Å²) >= 11 is 0. The van der Waals surface area contributed by atoms with Crippen LogP contribution in [0.5, 0.6) is 0 Å². The van der Waals surface area contributed by atoms with Gasteiger partial charge in [-0.1, -0.05) is 107 Å². The summed E-state index contributed by atoms with van der Waals surface area (Å²) in [6.45, 7) is 11.4. The van der Waals surface area contributed by atoms with Gasteiger partial charge in [-0.25, -0.2) is 0 Å². The molecule has 0 N–H and O–H groups in total. The van der Waals surface area contributed by atoms with Gasteiger partial charge in [0, 0.05) is 30.9 Å². The van der Waals surface area contributed by atoms with Crippen LogP contribution in [0, 0.1) is 0 Å². The number of hydrogen-bond acceptors (Lipinski definition) is 2. The van der Waals surface area contributed by atoms with Crippen LogP contribution in [0.25, 0.3) is 0 Å². The topological polar surface area (TPSA) is 6.48 Å². The zero-order chi connectivity index (χ0) is 24.2. The van der Waals surface area contributed by atoms with E-state index in [0.717, 1.165) is 25.9 Å².